The minimum atomic E-state index is -0.185. The van der Waals surface area contributed by atoms with Crippen molar-refractivity contribution in [1.29, 1.82) is 0 Å². The van der Waals surface area contributed by atoms with Crippen LogP contribution >= 0.6 is 35.1 Å². The Hall–Kier alpha value is -3.23. The molecule has 6 rings (SSSR count). The minimum absolute atomic E-state index is 0. The molecule has 2 aromatic heterocycles. The van der Waals surface area contributed by atoms with Gasteiger partial charge in [0, 0.05) is 23.5 Å². The number of fused-ring (bicyclic) bond motifs is 2. The largest absolute Gasteiger partial charge is 0.457 e. The summed E-state index contributed by atoms with van der Waals surface area (Å²) < 4.78 is 7.21. The lowest BCUT2D eigenvalue weighted by molar-refractivity contribution is 0.102. The molecule has 0 fully saturated rings. The fraction of sp³-hybridized carbons (Fsp3) is 0.172. The second-order valence-corrected chi connectivity index (χ2v) is 10.8. The molecule has 37 heavy (non-hydrogen) atoms. The van der Waals surface area contributed by atoms with Crippen molar-refractivity contribution in [2.24, 2.45) is 0 Å². The number of halogens is 1. The number of para-hydroxylation sites is 3. The van der Waals surface area contributed by atoms with E-state index in [0.717, 1.165) is 51.8 Å². The quantitative estimate of drug-likeness (QED) is 0.235. The topological polar surface area (TPSA) is 54.5 Å². The number of aromatic nitrogens is 1. The molecular formula is C29H26ClN3O2S2. The molecular weight excluding hydrogens is 522 g/mol. The van der Waals surface area contributed by atoms with Crippen molar-refractivity contribution in [2.45, 2.75) is 19.9 Å². The molecule has 3 heterocycles. The minimum Gasteiger partial charge on any atom is -0.457 e. The Bertz CT molecular complexity index is 1510. The van der Waals surface area contributed by atoms with E-state index in [0.29, 0.717) is 17.1 Å². The number of ether oxygens (including phenoxy) is 1. The summed E-state index contributed by atoms with van der Waals surface area (Å²) in [4.78, 5) is 22.3. The van der Waals surface area contributed by atoms with Crippen molar-refractivity contribution < 1.29 is 9.53 Å². The summed E-state index contributed by atoms with van der Waals surface area (Å²) in [7, 11) is 0. The van der Waals surface area contributed by atoms with Gasteiger partial charge in [-0.1, -0.05) is 49.4 Å². The van der Waals surface area contributed by atoms with E-state index in [2.05, 4.69) is 23.2 Å². The van der Waals surface area contributed by atoms with Gasteiger partial charge >= 0.3 is 0 Å². The summed E-state index contributed by atoms with van der Waals surface area (Å²) in [6.07, 6.45) is 0.953. The zero-order chi connectivity index (χ0) is 24.5. The highest BCUT2D eigenvalue weighted by atomic mass is 35.5. The predicted molar refractivity (Wildman–Crippen MR) is 156 cm³/mol. The second-order valence-electron chi connectivity index (χ2n) is 8.68. The molecule has 3 aromatic carbocycles. The molecule has 0 aliphatic carbocycles. The molecule has 1 aliphatic rings. The van der Waals surface area contributed by atoms with Crippen LogP contribution in [0.5, 0.6) is 11.5 Å². The van der Waals surface area contributed by atoms with Crippen LogP contribution in [0, 0.1) is 0 Å². The molecule has 0 radical (unpaired) electrons. The van der Waals surface area contributed by atoms with Gasteiger partial charge in [0.05, 0.1) is 15.8 Å². The van der Waals surface area contributed by atoms with Crippen LogP contribution in [0.15, 0.2) is 78.9 Å². The number of thiazole rings is 1. The van der Waals surface area contributed by atoms with Gasteiger partial charge in [-0.3, -0.25) is 9.69 Å². The lowest BCUT2D eigenvalue weighted by Crippen LogP contribution is -2.29. The average molecular weight is 548 g/mol. The highest BCUT2D eigenvalue weighted by Crippen LogP contribution is 2.46. The maximum atomic E-state index is 13.6. The van der Waals surface area contributed by atoms with Crippen LogP contribution in [0.2, 0.25) is 0 Å². The number of nitrogens with one attached hydrogen (secondary N) is 1. The van der Waals surface area contributed by atoms with Gasteiger partial charge in [0.1, 0.15) is 21.5 Å². The Labute approximate surface area is 230 Å². The first kappa shape index (κ1) is 25.4. The van der Waals surface area contributed by atoms with E-state index >= 15 is 0 Å². The summed E-state index contributed by atoms with van der Waals surface area (Å²) in [6, 6.07) is 25.1. The van der Waals surface area contributed by atoms with Gasteiger partial charge in [0.15, 0.2) is 0 Å². The van der Waals surface area contributed by atoms with Crippen molar-refractivity contribution in [2.75, 3.05) is 18.4 Å². The molecule has 0 unspecified atom stereocenters. The number of amides is 1. The highest BCUT2D eigenvalue weighted by molar-refractivity contribution is 7.23. The molecule has 5 nitrogen and oxygen atoms in total. The number of nitrogens with zero attached hydrogens (tertiary/aromatic N) is 2. The summed E-state index contributed by atoms with van der Waals surface area (Å²) >= 11 is 3.35. The molecule has 1 amide bonds. The number of hydrogen-bond donors (Lipinski definition) is 1. The van der Waals surface area contributed by atoms with Gasteiger partial charge in [0.25, 0.3) is 5.91 Å². The van der Waals surface area contributed by atoms with Gasteiger partial charge < -0.3 is 10.1 Å². The van der Waals surface area contributed by atoms with Crippen molar-refractivity contribution in [3.05, 3.63) is 94.9 Å². The standard InChI is InChI=1S/C29H25N3O2S2.ClH/c1-2-32-17-16-21-25(18-32)36-29(26(21)28-30-22-13-7-9-15-24(22)35-28)31-27(33)20-12-6-8-14-23(20)34-19-10-4-3-5-11-19;/h3-15H,2,16-18H2,1H3,(H,31,33);1H. The number of thiophene rings is 1. The summed E-state index contributed by atoms with van der Waals surface area (Å²) in [6.45, 7) is 5.12. The Balaban J connectivity index is 0.00000280. The molecule has 188 valence electrons. The maximum Gasteiger partial charge on any atom is 0.260 e. The van der Waals surface area contributed by atoms with Crippen LogP contribution in [0.1, 0.15) is 27.7 Å². The average Bonchev–Trinajstić information content (AvgIpc) is 3.49. The lowest BCUT2D eigenvalue weighted by Gasteiger charge is -2.25. The Morgan fingerprint density at radius 3 is 2.57 bits per heavy atom. The number of benzene rings is 3. The van der Waals surface area contributed by atoms with E-state index in [-0.39, 0.29) is 18.3 Å². The number of carbonyl (C=O) groups is 1. The molecule has 5 aromatic rings. The Morgan fingerprint density at radius 2 is 1.76 bits per heavy atom. The first-order valence-corrected chi connectivity index (χ1v) is 13.7. The summed E-state index contributed by atoms with van der Waals surface area (Å²) in [5.74, 6) is 1.04. The summed E-state index contributed by atoms with van der Waals surface area (Å²) in [5, 5.41) is 5.05. The third kappa shape index (κ3) is 5.13. The number of anilines is 1. The Morgan fingerprint density at radius 1 is 1.00 bits per heavy atom. The SMILES string of the molecule is CCN1CCc2c(sc(NC(=O)c3ccccc3Oc3ccccc3)c2-c2nc3ccccc3s2)C1.Cl. The molecule has 0 saturated heterocycles. The van der Waals surface area contributed by atoms with E-state index in [4.69, 9.17) is 9.72 Å². The first-order chi connectivity index (χ1) is 17.7. The van der Waals surface area contributed by atoms with Crippen LogP contribution in [0.25, 0.3) is 20.8 Å². The fourth-order valence-corrected chi connectivity index (χ4v) is 6.94. The summed E-state index contributed by atoms with van der Waals surface area (Å²) in [5.41, 5.74) is 3.87. The van der Waals surface area contributed by atoms with Gasteiger partial charge in [-0.05, 0) is 54.9 Å². The van der Waals surface area contributed by atoms with Crippen molar-refractivity contribution in [3.8, 4) is 22.1 Å². The zero-order valence-electron chi connectivity index (χ0n) is 20.3. The van der Waals surface area contributed by atoms with Crippen LogP contribution < -0.4 is 10.1 Å². The van der Waals surface area contributed by atoms with Crippen molar-refractivity contribution >= 4 is 56.2 Å². The van der Waals surface area contributed by atoms with Crippen LogP contribution in [-0.2, 0) is 13.0 Å². The normalized spacial score (nSPS) is 13.1. The third-order valence-electron chi connectivity index (χ3n) is 6.42. The molecule has 0 bridgehead atoms. The van der Waals surface area contributed by atoms with E-state index in [1.54, 1.807) is 28.7 Å². The van der Waals surface area contributed by atoms with Gasteiger partial charge in [0.2, 0.25) is 0 Å². The van der Waals surface area contributed by atoms with Crippen molar-refractivity contribution in [1.82, 2.24) is 9.88 Å². The zero-order valence-corrected chi connectivity index (χ0v) is 22.7. The Kier molecular flexibility index (Phi) is 7.58. The molecule has 0 spiro atoms. The van der Waals surface area contributed by atoms with Gasteiger partial charge in [-0.2, -0.15) is 0 Å². The van der Waals surface area contributed by atoms with E-state index < -0.39 is 0 Å². The highest BCUT2D eigenvalue weighted by Gasteiger charge is 2.28. The smallest absolute Gasteiger partial charge is 0.260 e. The fourth-order valence-electron chi connectivity index (χ4n) is 4.55. The lowest BCUT2D eigenvalue weighted by atomic mass is 10.0. The number of hydrogen-bond acceptors (Lipinski definition) is 6. The van der Waals surface area contributed by atoms with Crippen LogP contribution in [0.4, 0.5) is 5.00 Å². The van der Waals surface area contributed by atoms with Crippen LogP contribution in [-0.4, -0.2) is 28.9 Å². The van der Waals surface area contributed by atoms with Gasteiger partial charge in [-0.25, -0.2) is 4.98 Å². The van der Waals surface area contributed by atoms with E-state index in [1.165, 1.54) is 10.4 Å². The number of likely N-dealkylation sites (N-methyl/N-ethyl adjacent to an activating group) is 1. The number of rotatable bonds is 6. The molecule has 1 N–H and O–H groups in total. The van der Waals surface area contributed by atoms with E-state index in [1.807, 2.05) is 66.7 Å². The monoisotopic (exact) mass is 547 g/mol. The predicted octanol–water partition coefficient (Wildman–Crippen LogP) is 7.87. The van der Waals surface area contributed by atoms with E-state index in [9.17, 15) is 4.79 Å². The third-order valence-corrected chi connectivity index (χ3v) is 8.61. The molecule has 1 aliphatic heterocycles. The molecule has 0 saturated carbocycles. The molecule has 0 atom stereocenters. The second kappa shape index (κ2) is 11.0. The van der Waals surface area contributed by atoms with Crippen molar-refractivity contribution in [3.63, 3.8) is 0 Å². The maximum absolute atomic E-state index is 13.6. The van der Waals surface area contributed by atoms with Crippen LogP contribution in [0.3, 0.4) is 0 Å². The van der Waals surface area contributed by atoms with Gasteiger partial charge in [-0.15, -0.1) is 35.1 Å². The molecule has 8 heteroatoms. The first-order valence-electron chi connectivity index (χ1n) is 12.1. The number of carbonyl (C=O) groups excluding carboxylic acids is 1.